The zero-order chi connectivity index (χ0) is 19.8. The van der Waals surface area contributed by atoms with E-state index in [1.807, 2.05) is 19.1 Å². The number of urea groups is 1. The summed E-state index contributed by atoms with van der Waals surface area (Å²) in [7, 11) is 1.71. The monoisotopic (exact) mass is 383 g/mol. The molecule has 0 bridgehead atoms. The number of rotatable bonds is 2. The number of benzene rings is 1. The molecule has 2 aromatic heterocycles. The Morgan fingerprint density at radius 3 is 2.79 bits per heavy atom. The molecule has 1 aromatic carbocycles. The predicted molar refractivity (Wildman–Crippen MR) is 102 cm³/mol. The number of nitrogens with one attached hydrogen (secondary N) is 1. The number of anilines is 1. The zero-order valence-electron chi connectivity index (χ0n) is 15.9. The number of fused-ring (bicyclic) bond motifs is 1. The molecule has 1 aliphatic heterocycles. The average Bonchev–Trinajstić information content (AvgIpc) is 3.11. The summed E-state index contributed by atoms with van der Waals surface area (Å²) < 4.78 is 12.6. The smallest absolute Gasteiger partial charge is 0.322 e. The second-order valence-electron chi connectivity index (χ2n) is 6.95. The summed E-state index contributed by atoms with van der Waals surface area (Å²) in [6.07, 6.45) is -0.637. The highest BCUT2D eigenvalue weighted by Crippen LogP contribution is 2.25. The molecule has 2 atom stereocenters. The molecule has 1 saturated heterocycles. The Morgan fingerprint density at radius 1 is 1.25 bits per heavy atom. The number of nitrogens with zero attached hydrogens (tertiary/aromatic N) is 4. The van der Waals surface area contributed by atoms with Gasteiger partial charge in [-0.25, -0.2) is 4.79 Å². The lowest BCUT2D eigenvalue weighted by molar-refractivity contribution is -0.0769. The van der Waals surface area contributed by atoms with E-state index < -0.39 is 6.10 Å². The van der Waals surface area contributed by atoms with Crippen LogP contribution in [0.25, 0.3) is 10.9 Å². The van der Waals surface area contributed by atoms with Crippen molar-refractivity contribution in [3.8, 4) is 0 Å². The molecule has 3 heterocycles. The lowest BCUT2D eigenvalue weighted by Gasteiger charge is -2.35. The van der Waals surface area contributed by atoms with Crippen molar-refractivity contribution >= 4 is 22.6 Å². The Kier molecular flexibility index (Phi) is 4.60. The Labute approximate surface area is 160 Å². The van der Waals surface area contributed by atoms with Crippen LogP contribution in [0.2, 0.25) is 0 Å². The molecule has 0 radical (unpaired) electrons. The maximum Gasteiger partial charge on any atom is 0.322 e. The van der Waals surface area contributed by atoms with E-state index in [9.17, 15) is 9.59 Å². The molecule has 0 spiro atoms. The average molecular weight is 383 g/mol. The summed E-state index contributed by atoms with van der Waals surface area (Å²) in [5, 5.41) is 7.61. The third-order valence-corrected chi connectivity index (χ3v) is 4.75. The van der Waals surface area contributed by atoms with Crippen molar-refractivity contribution in [1.29, 1.82) is 0 Å². The van der Waals surface area contributed by atoms with Crippen molar-refractivity contribution in [1.82, 2.24) is 19.6 Å². The number of morpholine rings is 1. The van der Waals surface area contributed by atoms with Crippen LogP contribution in [0, 0.1) is 6.92 Å². The van der Waals surface area contributed by atoms with E-state index in [-0.39, 0.29) is 17.7 Å². The number of aromatic nitrogens is 3. The standard InChI is InChI=1S/C19H21N5O4/c1-11-9-24(10-16(27-11)18-20-12(2)22-28-18)19(26)21-14-6-4-13-5-7-17(25)23(3)15(13)8-14/h4-8,11,16H,9-10H2,1-3H3,(H,21,26)/t11-,16-/m1/s1. The second kappa shape index (κ2) is 7.08. The molecular formula is C19H21N5O4. The molecule has 1 aliphatic rings. The van der Waals surface area contributed by atoms with E-state index in [1.165, 1.54) is 6.07 Å². The highest BCUT2D eigenvalue weighted by Gasteiger charge is 2.32. The quantitative estimate of drug-likeness (QED) is 0.728. The summed E-state index contributed by atoms with van der Waals surface area (Å²) in [5.41, 5.74) is 1.26. The van der Waals surface area contributed by atoms with Gasteiger partial charge in [0.25, 0.3) is 11.4 Å². The maximum absolute atomic E-state index is 12.8. The first kappa shape index (κ1) is 18.2. The molecule has 2 amide bonds. The normalized spacial score (nSPS) is 19.8. The summed E-state index contributed by atoms with van der Waals surface area (Å²) in [6.45, 7) is 4.38. The summed E-state index contributed by atoms with van der Waals surface area (Å²) in [6, 6.07) is 8.51. The van der Waals surface area contributed by atoms with E-state index in [0.717, 1.165) is 10.9 Å². The number of hydrogen-bond donors (Lipinski definition) is 1. The minimum atomic E-state index is -0.465. The highest BCUT2D eigenvalue weighted by atomic mass is 16.5. The molecule has 0 unspecified atom stereocenters. The first-order valence-electron chi connectivity index (χ1n) is 9.02. The number of carbonyl (C=O) groups is 1. The topological polar surface area (TPSA) is 102 Å². The summed E-state index contributed by atoms with van der Waals surface area (Å²) in [4.78, 5) is 30.5. The van der Waals surface area contributed by atoms with Crippen molar-refractivity contribution in [3.63, 3.8) is 0 Å². The lowest BCUT2D eigenvalue weighted by Crippen LogP contribution is -2.47. The number of ether oxygens (including phenoxy) is 1. The Morgan fingerprint density at radius 2 is 2.04 bits per heavy atom. The van der Waals surface area contributed by atoms with E-state index >= 15 is 0 Å². The molecule has 9 heteroatoms. The third kappa shape index (κ3) is 3.48. The van der Waals surface area contributed by atoms with Gasteiger partial charge in [-0.3, -0.25) is 4.79 Å². The molecule has 0 saturated carbocycles. The van der Waals surface area contributed by atoms with Gasteiger partial charge in [0.05, 0.1) is 18.2 Å². The minimum Gasteiger partial charge on any atom is -0.362 e. The van der Waals surface area contributed by atoms with Crippen LogP contribution in [0.15, 0.2) is 39.6 Å². The number of amides is 2. The number of carbonyl (C=O) groups excluding carboxylic acids is 1. The fourth-order valence-corrected chi connectivity index (χ4v) is 3.34. The number of hydrogen-bond acceptors (Lipinski definition) is 6. The van der Waals surface area contributed by atoms with E-state index in [2.05, 4.69) is 15.5 Å². The van der Waals surface area contributed by atoms with Crippen LogP contribution in [0.4, 0.5) is 10.5 Å². The first-order valence-corrected chi connectivity index (χ1v) is 9.02. The van der Waals surface area contributed by atoms with Crippen LogP contribution in [0.1, 0.15) is 24.7 Å². The molecule has 9 nitrogen and oxygen atoms in total. The van der Waals surface area contributed by atoms with Gasteiger partial charge in [-0.15, -0.1) is 0 Å². The first-order chi connectivity index (χ1) is 13.4. The third-order valence-electron chi connectivity index (χ3n) is 4.75. The summed E-state index contributed by atoms with van der Waals surface area (Å²) in [5.74, 6) is 0.886. The van der Waals surface area contributed by atoms with E-state index in [4.69, 9.17) is 9.26 Å². The minimum absolute atomic E-state index is 0.101. The zero-order valence-corrected chi connectivity index (χ0v) is 15.9. The van der Waals surface area contributed by atoms with E-state index in [0.29, 0.717) is 30.5 Å². The van der Waals surface area contributed by atoms with Crippen molar-refractivity contribution in [2.75, 3.05) is 18.4 Å². The highest BCUT2D eigenvalue weighted by molar-refractivity contribution is 5.92. The van der Waals surface area contributed by atoms with Crippen LogP contribution >= 0.6 is 0 Å². The molecule has 3 aromatic rings. The van der Waals surface area contributed by atoms with Crippen LogP contribution in [-0.2, 0) is 11.8 Å². The van der Waals surface area contributed by atoms with Gasteiger partial charge in [-0.2, -0.15) is 4.98 Å². The van der Waals surface area contributed by atoms with Crippen molar-refractivity contribution in [2.24, 2.45) is 7.05 Å². The van der Waals surface area contributed by atoms with Crippen molar-refractivity contribution < 1.29 is 14.1 Å². The molecular weight excluding hydrogens is 362 g/mol. The molecule has 28 heavy (non-hydrogen) atoms. The van der Waals surface area contributed by atoms with Crippen molar-refractivity contribution in [3.05, 3.63) is 52.4 Å². The molecule has 1 fully saturated rings. The Bertz CT molecular complexity index is 1090. The van der Waals surface area contributed by atoms with E-state index in [1.54, 1.807) is 35.6 Å². The van der Waals surface area contributed by atoms with Gasteiger partial charge in [-0.1, -0.05) is 11.2 Å². The largest absolute Gasteiger partial charge is 0.362 e. The van der Waals surface area contributed by atoms with Gasteiger partial charge in [-0.05, 0) is 37.4 Å². The van der Waals surface area contributed by atoms with Gasteiger partial charge in [0.15, 0.2) is 11.9 Å². The molecule has 4 rings (SSSR count). The molecule has 1 N–H and O–H groups in total. The van der Waals surface area contributed by atoms with Gasteiger partial charge >= 0.3 is 6.03 Å². The fraction of sp³-hybridized carbons (Fsp3) is 0.368. The Balaban J connectivity index is 1.53. The fourth-order valence-electron chi connectivity index (χ4n) is 3.34. The number of pyridine rings is 1. The van der Waals surface area contributed by atoms with Crippen LogP contribution in [0.5, 0.6) is 0 Å². The number of aryl methyl sites for hydroxylation is 2. The summed E-state index contributed by atoms with van der Waals surface area (Å²) >= 11 is 0. The van der Waals surface area contributed by atoms with Crippen molar-refractivity contribution in [2.45, 2.75) is 26.1 Å². The predicted octanol–water partition coefficient (Wildman–Crippen LogP) is 2.22. The maximum atomic E-state index is 12.8. The van der Waals surface area contributed by atoms with Crippen LogP contribution in [0.3, 0.4) is 0 Å². The lowest BCUT2D eigenvalue weighted by atomic mass is 10.2. The second-order valence-corrected chi connectivity index (χ2v) is 6.95. The van der Waals surface area contributed by atoms with Crippen LogP contribution in [-0.4, -0.2) is 44.8 Å². The molecule has 146 valence electrons. The molecule has 0 aliphatic carbocycles. The van der Waals surface area contributed by atoms with Gasteiger partial charge in [0, 0.05) is 25.3 Å². The SMILES string of the molecule is Cc1noc([C@H]2CN(C(=O)Nc3ccc4ccc(=O)n(C)c4c3)C[C@@H](C)O2)n1. The van der Waals surface area contributed by atoms with Gasteiger partial charge in [0.2, 0.25) is 0 Å². The van der Waals surface area contributed by atoms with Gasteiger partial charge < -0.3 is 24.0 Å². The van der Waals surface area contributed by atoms with Crippen LogP contribution < -0.4 is 10.9 Å². The van der Waals surface area contributed by atoms with Gasteiger partial charge in [0.1, 0.15) is 0 Å². The Hall–Kier alpha value is -3.20.